The van der Waals surface area contributed by atoms with Crippen molar-refractivity contribution in [2.24, 2.45) is 22.7 Å². The largest absolute Gasteiger partial charge is 0.314 e. The molecule has 0 bridgehead atoms. The normalized spacial score (nSPS) is 30.4. The van der Waals surface area contributed by atoms with E-state index >= 15 is 0 Å². The maximum atomic E-state index is 3.82. The van der Waals surface area contributed by atoms with Crippen LogP contribution in [0.15, 0.2) is 0 Å². The summed E-state index contributed by atoms with van der Waals surface area (Å²) in [5, 5.41) is 3.82. The van der Waals surface area contributed by atoms with Crippen molar-refractivity contribution < 1.29 is 0 Å². The van der Waals surface area contributed by atoms with Gasteiger partial charge in [-0.2, -0.15) is 0 Å². The molecule has 0 amide bonds. The van der Waals surface area contributed by atoms with Crippen molar-refractivity contribution in [2.45, 2.75) is 92.0 Å². The summed E-state index contributed by atoms with van der Waals surface area (Å²) < 4.78 is 0. The first kappa shape index (κ1) is 16.3. The monoisotopic (exact) mass is 279 g/mol. The Morgan fingerprint density at radius 3 is 2.10 bits per heavy atom. The van der Waals surface area contributed by atoms with Gasteiger partial charge < -0.3 is 5.32 Å². The Morgan fingerprint density at radius 1 is 0.850 bits per heavy atom. The lowest BCUT2D eigenvalue weighted by atomic mass is 9.66. The molecule has 0 aromatic carbocycles. The number of hydrogen-bond donors (Lipinski definition) is 1. The van der Waals surface area contributed by atoms with Crippen LogP contribution in [0.25, 0.3) is 0 Å². The first-order chi connectivity index (χ1) is 9.29. The molecule has 118 valence electrons. The summed E-state index contributed by atoms with van der Waals surface area (Å²) in [5.41, 5.74) is 1.01. The lowest BCUT2D eigenvalue weighted by Crippen LogP contribution is -2.45. The van der Waals surface area contributed by atoms with E-state index in [4.69, 9.17) is 0 Å². The van der Waals surface area contributed by atoms with Crippen LogP contribution in [0, 0.1) is 22.7 Å². The van der Waals surface area contributed by atoms with Gasteiger partial charge in [-0.05, 0) is 61.3 Å². The lowest BCUT2D eigenvalue weighted by molar-refractivity contribution is 0.0948. The molecule has 2 rings (SSSR count). The number of rotatable bonds is 3. The third-order valence-corrected chi connectivity index (χ3v) is 6.20. The van der Waals surface area contributed by atoms with Crippen molar-refractivity contribution in [3.05, 3.63) is 0 Å². The summed E-state index contributed by atoms with van der Waals surface area (Å²) in [5.74, 6) is 1.86. The second-order valence-electron chi connectivity index (χ2n) is 9.27. The van der Waals surface area contributed by atoms with Crippen molar-refractivity contribution in [1.82, 2.24) is 5.32 Å². The zero-order chi connectivity index (χ0) is 14.8. The molecule has 2 atom stereocenters. The highest BCUT2D eigenvalue weighted by Crippen LogP contribution is 2.43. The highest BCUT2D eigenvalue weighted by Gasteiger charge is 2.36. The summed E-state index contributed by atoms with van der Waals surface area (Å²) in [6, 6.07) is 0.755. The van der Waals surface area contributed by atoms with Gasteiger partial charge in [0.15, 0.2) is 0 Å². The minimum atomic E-state index is 0.481. The molecule has 0 aromatic rings. The number of piperidine rings is 1. The predicted octanol–water partition coefficient (Wildman–Crippen LogP) is 5.40. The molecule has 1 aliphatic carbocycles. The van der Waals surface area contributed by atoms with Gasteiger partial charge >= 0.3 is 0 Å². The van der Waals surface area contributed by atoms with Crippen LogP contribution in [0.4, 0.5) is 0 Å². The summed E-state index contributed by atoms with van der Waals surface area (Å²) in [6.07, 6.45) is 11.5. The Hall–Kier alpha value is -0.0400. The van der Waals surface area contributed by atoms with E-state index in [-0.39, 0.29) is 0 Å². The van der Waals surface area contributed by atoms with Gasteiger partial charge in [-0.3, -0.25) is 0 Å². The first-order valence-corrected chi connectivity index (χ1v) is 9.02. The van der Waals surface area contributed by atoms with Crippen LogP contribution >= 0.6 is 0 Å². The fourth-order valence-electron chi connectivity index (χ4n) is 4.63. The zero-order valence-corrected chi connectivity index (χ0v) is 14.6. The van der Waals surface area contributed by atoms with Crippen LogP contribution in [-0.2, 0) is 0 Å². The summed E-state index contributed by atoms with van der Waals surface area (Å²) in [4.78, 5) is 0. The van der Waals surface area contributed by atoms with Crippen LogP contribution in [-0.4, -0.2) is 12.6 Å². The van der Waals surface area contributed by atoms with Crippen LogP contribution in [0.3, 0.4) is 0 Å². The third-order valence-electron chi connectivity index (χ3n) is 6.20. The Labute approximate surface area is 127 Å². The van der Waals surface area contributed by atoms with Gasteiger partial charge in [0.05, 0.1) is 0 Å². The van der Waals surface area contributed by atoms with Gasteiger partial charge in [0, 0.05) is 6.04 Å². The molecule has 0 aromatic heterocycles. The number of hydrogen-bond acceptors (Lipinski definition) is 1. The third kappa shape index (κ3) is 4.23. The Morgan fingerprint density at radius 2 is 1.50 bits per heavy atom. The van der Waals surface area contributed by atoms with E-state index in [1.165, 1.54) is 57.9 Å². The van der Waals surface area contributed by atoms with Crippen molar-refractivity contribution in [3.8, 4) is 0 Å². The molecule has 20 heavy (non-hydrogen) atoms. The standard InChI is InChI=1S/C19H37N/c1-18(2,3)16-11-12-20-17(13-16)14-19(4,5)15-9-7-6-8-10-15/h15-17,20H,6-14H2,1-5H3. The molecule has 2 unspecified atom stereocenters. The number of nitrogens with one attached hydrogen (secondary N) is 1. The SMILES string of the molecule is CC(C)(C)C1CCNC(CC(C)(C)C2CCCCC2)C1. The summed E-state index contributed by atoms with van der Waals surface area (Å²) >= 11 is 0. The quantitative estimate of drug-likeness (QED) is 0.729. The molecular weight excluding hydrogens is 242 g/mol. The molecule has 1 heterocycles. The smallest absolute Gasteiger partial charge is 0.00750 e. The van der Waals surface area contributed by atoms with Gasteiger partial charge in [0.2, 0.25) is 0 Å². The van der Waals surface area contributed by atoms with E-state index in [0.29, 0.717) is 10.8 Å². The van der Waals surface area contributed by atoms with E-state index in [1.807, 2.05) is 0 Å². The predicted molar refractivity (Wildman–Crippen MR) is 88.9 cm³/mol. The highest BCUT2D eigenvalue weighted by molar-refractivity contribution is 4.90. The molecule has 2 aliphatic rings. The molecule has 0 radical (unpaired) electrons. The van der Waals surface area contributed by atoms with Crippen molar-refractivity contribution in [1.29, 1.82) is 0 Å². The molecule has 2 fully saturated rings. The van der Waals surface area contributed by atoms with E-state index < -0.39 is 0 Å². The van der Waals surface area contributed by atoms with Gasteiger partial charge in [-0.25, -0.2) is 0 Å². The molecule has 1 N–H and O–H groups in total. The van der Waals surface area contributed by atoms with Gasteiger partial charge in [0.1, 0.15) is 0 Å². The van der Waals surface area contributed by atoms with Crippen molar-refractivity contribution in [2.75, 3.05) is 6.54 Å². The van der Waals surface area contributed by atoms with E-state index in [0.717, 1.165) is 17.9 Å². The maximum absolute atomic E-state index is 3.82. The van der Waals surface area contributed by atoms with E-state index in [9.17, 15) is 0 Å². The zero-order valence-electron chi connectivity index (χ0n) is 14.6. The van der Waals surface area contributed by atoms with E-state index in [2.05, 4.69) is 39.9 Å². The highest BCUT2D eigenvalue weighted by atomic mass is 14.9. The fraction of sp³-hybridized carbons (Fsp3) is 1.00. The molecule has 1 saturated carbocycles. The molecular formula is C19H37N. The summed E-state index contributed by atoms with van der Waals surface area (Å²) in [6.45, 7) is 13.6. The van der Waals surface area contributed by atoms with Crippen LogP contribution < -0.4 is 5.32 Å². The fourth-order valence-corrected chi connectivity index (χ4v) is 4.63. The first-order valence-electron chi connectivity index (χ1n) is 9.02. The second-order valence-corrected chi connectivity index (χ2v) is 9.27. The Balaban J connectivity index is 1.91. The van der Waals surface area contributed by atoms with Gasteiger partial charge in [0.25, 0.3) is 0 Å². The van der Waals surface area contributed by atoms with Crippen LogP contribution in [0.1, 0.15) is 86.0 Å². The topological polar surface area (TPSA) is 12.0 Å². The van der Waals surface area contributed by atoms with E-state index in [1.54, 1.807) is 0 Å². The molecule has 1 aliphatic heterocycles. The molecule has 1 saturated heterocycles. The van der Waals surface area contributed by atoms with Gasteiger partial charge in [-0.15, -0.1) is 0 Å². The summed E-state index contributed by atoms with van der Waals surface area (Å²) in [7, 11) is 0. The van der Waals surface area contributed by atoms with Crippen molar-refractivity contribution in [3.63, 3.8) is 0 Å². The Kier molecular flexibility index (Phi) is 5.21. The maximum Gasteiger partial charge on any atom is 0.00750 e. The average molecular weight is 280 g/mol. The second kappa shape index (κ2) is 6.38. The average Bonchev–Trinajstić information content (AvgIpc) is 2.38. The van der Waals surface area contributed by atoms with Crippen LogP contribution in [0.5, 0.6) is 0 Å². The molecule has 1 nitrogen and oxygen atoms in total. The van der Waals surface area contributed by atoms with Crippen LogP contribution in [0.2, 0.25) is 0 Å². The lowest BCUT2D eigenvalue weighted by Gasteiger charge is -2.44. The molecule has 0 spiro atoms. The minimum absolute atomic E-state index is 0.481. The van der Waals surface area contributed by atoms with Gasteiger partial charge in [-0.1, -0.05) is 53.9 Å². The molecule has 1 heteroatoms. The van der Waals surface area contributed by atoms with Crippen molar-refractivity contribution >= 4 is 0 Å². The Bertz CT molecular complexity index is 293. The minimum Gasteiger partial charge on any atom is -0.314 e.